The van der Waals surface area contributed by atoms with E-state index < -0.39 is 10.0 Å². The average molecular weight is 145 g/mol. The van der Waals surface area contributed by atoms with E-state index in [0.29, 0.717) is 0 Å². The minimum absolute atomic E-state index is 0. The van der Waals surface area contributed by atoms with E-state index in [0.717, 1.165) is 12.8 Å². The van der Waals surface area contributed by atoms with Crippen molar-refractivity contribution in [1.29, 1.82) is 0 Å². The standard InChI is InChI=1S/C3H7NO2S.Na.H/c4-7(5,6)3-1-2-3;;/h3H,1-2H2,(H2,4,5,6);;. The second-order valence-electron chi connectivity index (χ2n) is 1.79. The summed E-state index contributed by atoms with van der Waals surface area (Å²) in [6, 6.07) is 0. The van der Waals surface area contributed by atoms with Gasteiger partial charge in [-0.1, -0.05) is 0 Å². The molecule has 1 saturated carbocycles. The quantitative estimate of drug-likeness (QED) is 0.470. The first-order chi connectivity index (χ1) is 3.11. The molecule has 0 aromatic carbocycles. The summed E-state index contributed by atoms with van der Waals surface area (Å²) in [5.41, 5.74) is 0. The maximum absolute atomic E-state index is 10.2. The van der Waals surface area contributed by atoms with Crippen molar-refractivity contribution in [2.24, 2.45) is 5.14 Å². The summed E-state index contributed by atoms with van der Waals surface area (Å²) in [7, 11) is -3.13. The predicted octanol–water partition coefficient (Wildman–Crippen LogP) is -1.21. The number of sulfonamides is 1. The molecular weight excluding hydrogens is 137 g/mol. The first-order valence-corrected chi connectivity index (χ1v) is 3.73. The monoisotopic (exact) mass is 145 g/mol. The van der Waals surface area contributed by atoms with Gasteiger partial charge in [0.1, 0.15) is 0 Å². The number of hydrogen-bond acceptors (Lipinski definition) is 2. The van der Waals surface area contributed by atoms with Crippen LogP contribution in [-0.4, -0.2) is 43.2 Å². The molecule has 0 aliphatic heterocycles. The molecule has 0 saturated heterocycles. The summed E-state index contributed by atoms with van der Waals surface area (Å²) in [5, 5.41) is 4.51. The zero-order valence-electron chi connectivity index (χ0n) is 3.79. The topological polar surface area (TPSA) is 60.2 Å². The number of rotatable bonds is 1. The van der Waals surface area contributed by atoms with Gasteiger partial charge in [0.15, 0.2) is 0 Å². The van der Waals surface area contributed by atoms with Crippen molar-refractivity contribution in [3.63, 3.8) is 0 Å². The van der Waals surface area contributed by atoms with E-state index in [9.17, 15) is 8.42 Å². The van der Waals surface area contributed by atoms with Crippen molar-refractivity contribution in [3.05, 3.63) is 0 Å². The van der Waals surface area contributed by atoms with Gasteiger partial charge in [0.2, 0.25) is 10.0 Å². The molecule has 2 N–H and O–H groups in total. The van der Waals surface area contributed by atoms with E-state index in [1.54, 1.807) is 0 Å². The third-order valence-electron chi connectivity index (χ3n) is 0.989. The van der Waals surface area contributed by atoms with Gasteiger partial charge in [0.25, 0.3) is 0 Å². The molecule has 5 heteroatoms. The molecule has 1 rings (SSSR count). The van der Waals surface area contributed by atoms with E-state index in [1.165, 1.54) is 0 Å². The predicted molar refractivity (Wildman–Crippen MR) is 33.3 cm³/mol. The molecule has 0 heterocycles. The van der Waals surface area contributed by atoms with Gasteiger partial charge in [0.05, 0.1) is 5.25 Å². The van der Waals surface area contributed by atoms with E-state index in [2.05, 4.69) is 0 Å². The Morgan fingerprint density at radius 2 is 1.75 bits per heavy atom. The van der Waals surface area contributed by atoms with E-state index in [4.69, 9.17) is 5.14 Å². The van der Waals surface area contributed by atoms with Crippen LogP contribution in [0.1, 0.15) is 12.8 Å². The summed E-state index contributed by atoms with van der Waals surface area (Å²) in [4.78, 5) is 0. The van der Waals surface area contributed by atoms with Gasteiger partial charge in [-0.2, -0.15) is 0 Å². The van der Waals surface area contributed by atoms with Crippen LogP contribution in [0.3, 0.4) is 0 Å². The van der Waals surface area contributed by atoms with Gasteiger partial charge in [-0.15, -0.1) is 0 Å². The van der Waals surface area contributed by atoms with E-state index in [-0.39, 0.29) is 34.8 Å². The van der Waals surface area contributed by atoms with Gasteiger partial charge in [-0.05, 0) is 12.8 Å². The summed E-state index contributed by atoms with van der Waals surface area (Å²) in [6.45, 7) is 0. The number of hydrogen-bond donors (Lipinski definition) is 1. The molecule has 0 spiro atoms. The van der Waals surface area contributed by atoms with Crippen LogP contribution in [0.4, 0.5) is 0 Å². The second kappa shape index (κ2) is 2.66. The molecule has 0 radical (unpaired) electrons. The molecule has 0 unspecified atom stereocenters. The van der Waals surface area contributed by atoms with Crippen molar-refractivity contribution in [2.45, 2.75) is 18.1 Å². The van der Waals surface area contributed by atoms with Crippen LogP contribution in [0.15, 0.2) is 0 Å². The van der Waals surface area contributed by atoms with Gasteiger partial charge in [-0.25, -0.2) is 13.6 Å². The van der Waals surface area contributed by atoms with E-state index >= 15 is 0 Å². The van der Waals surface area contributed by atoms with Crippen LogP contribution in [0.5, 0.6) is 0 Å². The fourth-order valence-electron chi connectivity index (χ4n) is 0.397. The summed E-state index contributed by atoms with van der Waals surface area (Å²) in [5.74, 6) is 0. The first-order valence-electron chi connectivity index (χ1n) is 2.12. The van der Waals surface area contributed by atoms with Crippen molar-refractivity contribution in [1.82, 2.24) is 0 Å². The molecule has 1 fully saturated rings. The normalized spacial score (nSPS) is 19.6. The maximum atomic E-state index is 10.2. The minimum atomic E-state index is -3.13. The Kier molecular flexibility index (Phi) is 2.97. The molecular formula is C3H8NNaO2S. The molecule has 0 aromatic rings. The Morgan fingerprint density at radius 3 is 1.75 bits per heavy atom. The summed E-state index contributed by atoms with van der Waals surface area (Å²) in [6.07, 6.45) is 1.53. The van der Waals surface area contributed by atoms with Crippen molar-refractivity contribution >= 4 is 39.6 Å². The molecule has 3 nitrogen and oxygen atoms in total. The molecule has 44 valence electrons. The molecule has 1 aliphatic carbocycles. The fourth-order valence-corrected chi connectivity index (χ4v) is 1.19. The van der Waals surface area contributed by atoms with Crippen molar-refractivity contribution in [2.75, 3.05) is 0 Å². The van der Waals surface area contributed by atoms with Crippen LogP contribution in [-0.2, 0) is 10.0 Å². The van der Waals surface area contributed by atoms with Crippen molar-refractivity contribution < 1.29 is 8.42 Å². The van der Waals surface area contributed by atoms with Gasteiger partial charge in [0, 0.05) is 0 Å². The SMILES string of the molecule is NS(=O)(=O)C1CC1.[NaH]. The Labute approximate surface area is 71.0 Å². The summed E-state index contributed by atoms with van der Waals surface area (Å²) >= 11 is 0. The van der Waals surface area contributed by atoms with Crippen LogP contribution >= 0.6 is 0 Å². The van der Waals surface area contributed by atoms with Crippen LogP contribution in [0, 0.1) is 0 Å². The molecule has 1 aliphatic rings. The number of nitrogens with two attached hydrogens (primary N) is 1. The average Bonchev–Trinajstić information content (AvgIpc) is 1.99. The zero-order chi connectivity index (χ0) is 5.49. The fraction of sp³-hybridized carbons (Fsp3) is 1.00. The Morgan fingerprint density at radius 1 is 1.38 bits per heavy atom. The van der Waals surface area contributed by atoms with Gasteiger partial charge < -0.3 is 0 Å². The van der Waals surface area contributed by atoms with Crippen LogP contribution in [0.25, 0.3) is 0 Å². The Hall–Kier alpha value is 0.910. The van der Waals surface area contributed by atoms with Gasteiger partial charge >= 0.3 is 29.6 Å². The third-order valence-corrected chi connectivity index (χ3v) is 2.39. The molecule has 0 amide bonds. The molecule has 0 atom stereocenters. The molecule has 0 aromatic heterocycles. The van der Waals surface area contributed by atoms with Crippen LogP contribution in [0.2, 0.25) is 0 Å². The molecule has 0 bridgehead atoms. The van der Waals surface area contributed by atoms with Crippen molar-refractivity contribution in [3.8, 4) is 0 Å². The zero-order valence-corrected chi connectivity index (χ0v) is 4.61. The third kappa shape index (κ3) is 2.46. The van der Waals surface area contributed by atoms with Crippen LogP contribution < -0.4 is 5.14 Å². The molecule has 8 heavy (non-hydrogen) atoms. The first kappa shape index (κ1) is 8.91. The van der Waals surface area contributed by atoms with E-state index in [1.807, 2.05) is 0 Å². The Bertz CT molecular complexity index is 160. The number of primary sulfonamides is 1. The summed E-state index contributed by atoms with van der Waals surface area (Å²) < 4.78 is 20.3. The second-order valence-corrected chi connectivity index (χ2v) is 3.63. The Balaban J connectivity index is 0.000000490. The van der Waals surface area contributed by atoms with Gasteiger partial charge in [-0.3, -0.25) is 0 Å².